The van der Waals surface area contributed by atoms with Crippen molar-refractivity contribution in [2.75, 3.05) is 0 Å². The van der Waals surface area contributed by atoms with Gasteiger partial charge in [-0.25, -0.2) is 9.67 Å². The molecular weight excluding hydrogens is 915 g/mol. The fourth-order valence-corrected chi connectivity index (χ4v) is 8.35. The van der Waals surface area contributed by atoms with Crippen molar-refractivity contribution in [2.45, 2.75) is 26.2 Å². The van der Waals surface area contributed by atoms with Gasteiger partial charge in [-0.3, -0.25) is 4.98 Å². The van der Waals surface area contributed by atoms with Gasteiger partial charge in [0, 0.05) is 36.7 Å². The van der Waals surface area contributed by atoms with Crippen LogP contribution in [0.4, 0.5) is 0 Å². The number of aromatic nitrogens is 6. The minimum Gasteiger partial charge on any atom is -0.373 e. The number of rotatable bonds is 8. The number of fused-ring (bicyclic) bond motifs is 3. The Balaban J connectivity index is 0.00000462. The van der Waals surface area contributed by atoms with Gasteiger partial charge in [-0.05, 0) is 57.7 Å². The molecule has 0 aliphatic rings. The molecule has 0 radical (unpaired) electrons. The van der Waals surface area contributed by atoms with Crippen molar-refractivity contribution in [3.8, 4) is 45.4 Å². The summed E-state index contributed by atoms with van der Waals surface area (Å²) in [5.41, 5.74) is 12.1. The Kier molecular flexibility index (Phi) is 10.3. The molecule has 10 rings (SSSR count). The van der Waals surface area contributed by atoms with Gasteiger partial charge in [0.15, 0.2) is 0 Å². The van der Waals surface area contributed by atoms with E-state index in [9.17, 15) is 0 Å². The maximum absolute atomic E-state index is 5.54. The Morgan fingerprint density at radius 1 is 0.617 bits per heavy atom. The largest absolute Gasteiger partial charge is 2.00 e. The number of para-hydroxylation sites is 2. The summed E-state index contributed by atoms with van der Waals surface area (Å²) in [5.74, 6) is 1.71. The first kappa shape index (κ1) is 38.9. The molecule has 0 fully saturated rings. The van der Waals surface area contributed by atoms with Gasteiger partial charge in [0.25, 0.3) is 0 Å². The van der Waals surface area contributed by atoms with Gasteiger partial charge < -0.3 is 9.13 Å². The number of nitrogens with zero attached hydrogens (tertiary/aromatic N) is 6. The molecule has 4 heterocycles. The first-order valence-corrected chi connectivity index (χ1v) is 20.0. The molecule has 6 nitrogen and oxygen atoms in total. The van der Waals surface area contributed by atoms with E-state index in [1.54, 1.807) is 0 Å². The summed E-state index contributed by atoms with van der Waals surface area (Å²) in [5, 5.41) is 7.80. The molecule has 10 aromatic rings. The molecule has 0 atom stereocenters. The zero-order valence-electron chi connectivity index (χ0n) is 33.8. The molecule has 0 unspecified atom stereocenters. The summed E-state index contributed by atoms with van der Waals surface area (Å²) in [6.45, 7) is 6.37. The van der Waals surface area contributed by atoms with Crippen LogP contribution in [0.15, 0.2) is 176 Å². The van der Waals surface area contributed by atoms with Crippen molar-refractivity contribution in [1.82, 2.24) is 28.9 Å². The predicted octanol–water partition coefficient (Wildman–Crippen LogP) is 9.51. The van der Waals surface area contributed by atoms with Crippen molar-refractivity contribution in [1.29, 1.82) is 0 Å². The molecule has 0 aliphatic heterocycles. The third kappa shape index (κ3) is 6.93. The molecule has 0 aliphatic carbocycles. The number of hydrogen-bond donors (Lipinski definition) is 0. The standard InChI is InChI=1S/C52H41BN6.Pt/c1-52(2,3)39-29-30-54-47(34-39)58-45-26-15-14-25-43(45)44-28-27-41(35-46(44)58)53(40-22-16-21-38(33-40)51-55-31-32-57(51)4)48-49(36-17-8-5-9-18-36)56-59(42-23-12-7-13-24-42)50(48)37-19-10-6-11-20-37;/h5-32,34H,1-4H3;/q-2;+2. The second-order valence-electron chi connectivity index (χ2n) is 16.1. The van der Waals surface area contributed by atoms with Crippen molar-refractivity contribution in [3.05, 3.63) is 194 Å². The second-order valence-corrected chi connectivity index (χ2v) is 16.1. The van der Waals surface area contributed by atoms with Gasteiger partial charge in [-0.2, -0.15) is 34.2 Å². The fourth-order valence-electron chi connectivity index (χ4n) is 8.35. The monoisotopic (exact) mass is 955 g/mol. The molecule has 4 aromatic heterocycles. The maximum Gasteiger partial charge on any atom is 2.00 e. The average Bonchev–Trinajstić information content (AvgIpc) is 3.98. The van der Waals surface area contributed by atoms with Crippen molar-refractivity contribution >= 4 is 44.9 Å². The van der Waals surface area contributed by atoms with E-state index in [1.165, 1.54) is 5.56 Å². The van der Waals surface area contributed by atoms with Gasteiger partial charge in [-0.15, -0.1) is 35.2 Å². The third-order valence-corrected chi connectivity index (χ3v) is 11.3. The Labute approximate surface area is 365 Å². The number of benzene rings is 6. The molecule has 0 bridgehead atoms. The molecule has 60 heavy (non-hydrogen) atoms. The van der Waals surface area contributed by atoms with E-state index in [0.29, 0.717) is 0 Å². The zero-order valence-corrected chi connectivity index (χ0v) is 36.1. The summed E-state index contributed by atoms with van der Waals surface area (Å²) < 4.78 is 6.43. The van der Waals surface area contributed by atoms with Gasteiger partial charge >= 0.3 is 21.1 Å². The molecule has 0 saturated carbocycles. The predicted molar refractivity (Wildman–Crippen MR) is 243 cm³/mol. The number of pyridine rings is 1. The Morgan fingerprint density at radius 3 is 2.02 bits per heavy atom. The quantitative estimate of drug-likeness (QED) is 0.113. The molecule has 0 N–H and O–H groups in total. The van der Waals surface area contributed by atoms with E-state index < -0.39 is 0 Å². The first-order valence-electron chi connectivity index (χ1n) is 20.0. The number of aryl methyl sites for hydroxylation is 1. The van der Waals surface area contributed by atoms with Crippen LogP contribution in [0.2, 0.25) is 0 Å². The van der Waals surface area contributed by atoms with Crippen LogP contribution in [-0.2, 0) is 33.5 Å². The number of imidazole rings is 1. The van der Waals surface area contributed by atoms with Crippen LogP contribution in [0, 0.1) is 12.1 Å². The molecular formula is C52H41BN6Pt. The zero-order chi connectivity index (χ0) is 40.1. The minimum atomic E-state index is -0.358. The number of hydrogen-bond acceptors (Lipinski definition) is 3. The van der Waals surface area contributed by atoms with Crippen LogP contribution in [0.1, 0.15) is 26.3 Å². The van der Waals surface area contributed by atoms with Gasteiger partial charge in [0.2, 0.25) is 6.71 Å². The van der Waals surface area contributed by atoms with Crippen LogP contribution in [-0.4, -0.2) is 35.6 Å². The van der Waals surface area contributed by atoms with Crippen LogP contribution in [0.3, 0.4) is 0 Å². The molecule has 8 heteroatoms. The smallest absolute Gasteiger partial charge is 0.373 e. The summed E-state index contributed by atoms with van der Waals surface area (Å²) >= 11 is 0. The first-order chi connectivity index (χ1) is 28.8. The van der Waals surface area contributed by atoms with E-state index in [-0.39, 0.29) is 33.2 Å². The third-order valence-electron chi connectivity index (χ3n) is 11.3. The van der Waals surface area contributed by atoms with Crippen molar-refractivity contribution in [3.63, 3.8) is 0 Å². The molecule has 292 valence electrons. The van der Waals surface area contributed by atoms with E-state index in [1.807, 2.05) is 36.3 Å². The van der Waals surface area contributed by atoms with E-state index >= 15 is 0 Å². The minimum absolute atomic E-state index is 0. The fraction of sp³-hybridized carbons (Fsp3) is 0.0962. The SMILES string of the molecule is Cn1ccnc1-c1[c-]c(B(c2[c-]c3c(cc2)c2ccccc2n3-c2cc(C(C)(C)C)ccn2)c2c(-c3ccccc3)nn(-c3ccccc3)c2-c2ccccc2)ccc1.[Pt+2]. The van der Waals surface area contributed by atoms with Gasteiger partial charge in [0.1, 0.15) is 5.82 Å². The summed E-state index contributed by atoms with van der Waals surface area (Å²) in [6, 6.07) is 63.3. The van der Waals surface area contributed by atoms with E-state index in [0.717, 1.165) is 83.6 Å². The van der Waals surface area contributed by atoms with E-state index in [2.05, 4.69) is 194 Å². The molecule has 0 spiro atoms. The van der Waals surface area contributed by atoms with Crippen LogP contribution in [0.5, 0.6) is 0 Å². The summed E-state index contributed by atoms with van der Waals surface area (Å²) in [4.78, 5) is 9.73. The Morgan fingerprint density at radius 2 is 1.30 bits per heavy atom. The second kappa shape index (κ2) is 15.9. The topological polar surface area (TPSA) is 53.5 Å². The van der Waals surface area contributed by atoms with Crippen LogP contribution < -0.4 is 16.4 Å². The Hall–Kier alpha value is -6.56. The summed E-state index contributed by atoms with van der Waals surface area (Å²) in [6.07, 6.45) is 5.74. The Bertz CT molecular complexity index is 3110. The normalized spacial score (nSPS) is 11.5. The summed E-state index contributed by atoms with van der Waals surface area (Å²) in [7, 11) is 2.02. The molecule has 0 amide bonds. The average molecular weight is 956 g/mol. The van der Waals surface area contributed by atoms with Gasteiger partial charge in [-0.1, -0.05) is 123 Å². The van der Waals surface area contributed by atoms with Crippen LogP contribution in [0.25, 0.3) is 67.2 Å². The van der Waals surface area contributed by atoms with Crippen molar-refractivity contribution in [2.24, 2.45) is 7.05 Å². The maximum atomic E-state index is 5.54. The molecule has 6 aromatic carbocycles. The van der Waals surface area contributed by atoms with Crippen molar-refractivity contribution < 1.29 is 21.1 Å². The molecule has 0 saturated heterocycles. The van der Waals surface area contributed by atoms with Crippen LogP contribution >= 0.6 is 0 Å². The van der Waals surface area contributed by atoms with E-state index in [4.69, 9.17) is 15.1 Å². The van der Waals surface area contributed by atoms with Gasteiger partial charge in [0.05, 0.1) is 22.9 Å².